The number of benzene rings is 3. The lowest BCUT2D eigenvalue weighted by Crippen LogP contribution is -2.31. The van der Waals surface area contributed by atoms with Crippen LogP contribution in [0.3, 0.4) is 0 Å². The van der Waals surface area contributed by atoms with E-state index in [1.54, 1.807) is 55.5 Å². The molecule has 1 N–H and O–H groups in total. The molecule has 0 heterocycles. The van der Waals surface area contributed by atoms with Crippen molar-refractivity contribution in [2.24, 2.45) is 0 Å². The third-order valence-electron chi connectivity index (χ3n) is 4.69. The SMILES string of the molecule is CCN(c1ccccc1)S(=O)(=O)c1cc(C(=O)Nc2cccc(C(C)=O)c2)c(Cl)cc1Cl. The Morgan fingerprint density at radius 2 is 1.62 bits per heavy atom. The van der Waals surface area contributed by atoms with Crippen LogP contribution in [0.5, 0.6) is 0 Å². The van der Waals surface area contributed by atoms with Crippen LogP contribution in [0.25, 0.3) is 0 Å². The second kappa shape index (κ2) is 9.73. The number of ketones is 1. The Morgan fingerprint density at radius 3 is 2.25 bits per heavy atom. The van der Waals surface area contributed by atoms with Crippen molar-refractivity contribution in [2.45, 2.75) is 18.7 Å². The largest absolute Gasteiger partial charge is 0.322 e. The highest BCUT2D eigenvalue weighted by Gasteiger charge is 2.28. The van der Waals surface area contributed by atoms with Crippen LogP contribution in [0, 0.1) is 0 Å². The molecule has 0 bridgehead atoms. The number of rotatable bonds is 7. The number of carbonyl (C=O) groups excluding carboxylic acids is 2. The number of sulfonamides is 1. The summed E-state index contributed by atoms with van der Waals surface area (Å²) in [7, 11) is -4.08. The van der Waals surface area contributed by atoms with Crippen molar-refractivity contribution in [3.05, 3.63) is 87.9 Å². The number of halogens is 2. The summed E-state index contributed by atoms with van der Waals surface area (Å²) in [5, 5.41) is 2.54. The zero-order chi connectivity index (χ0) is 23.5. The number of anilines is 2. The Balaban J connectivity index is 2.01. The molecular weight excluding hydrogens is 471 g/mol. The molecule has 0 spiro atoms. The maximum Gasteiger partial charge on any atom is 0.265 e. The van der Waals surface area contributed by atoms with E-state index >= 15 is 0 Å². The van der Waals surface area contributed by atoms with Gasteiger partial charge in [-0.15, -0.1) is 0 Å². The number of nitrogens with zero attached hydrogens (tertiary/aromatic N) is 1. The molecule has 0 aliphatic rings. The van der Waals surface area contributed by atoms with Gasteiger partial charge in [0, 0.05) is 17.8 Å². The fourth-order valence-corrected chi connectivity index (χ4v) is 5.43. The van der Waals surface area contributed by atoms with Crippen molar-refractivity contribution in [1.82, 2.24) is 0 Å². The van der Waals surface area contributed by atoms with Crippen LogP contribution < -0.4 is 9.62 Å². The quantitative estimate of drug-likeness (QED) is 0.432. The number of amides is 1. The van der Waals surface area contributed by atoms with Crippen LogP contribution in [-0.2, 0) is 10.0 Å². The smallest absolute Gasteiger partial charge is 0.265 e. The summed E-state index contributed by atoms with van der Waals surface area (Å²) in [5.74, 6) is -0.786. The summed E-state index contributed by atoms with van der Waals surface area (Å²) in [5.41, 5.74) is 1.20. The first-order valence-electron chi connectivity index (χ1n) is 9.64. The van der Waals surface area contributed by atoms with Gasteiger partial charge in [0.15, 0.2) is 5.78 Å². The Hall–Kier alpha value is -2.87. The lowest BCUT2D eigenvalue weighted by atomic mass is 10.1. The van der Waals surface area contributed by atoms with E-state index in [0.717, 1.165) is 6.07 Å². The fourth-order valence-electron chi connectivity index (χ4n) is 3.12. The lowest BCUT2D eigenvalue weighted by Gasteiger charge is -2.24. The van der Waals surface area contributed by atoms with Gasteiger partial charge in [0.1, 0.15) is 4.90 Å². The molecule has 0 aromatic heterocycles. The molecule has 6 nitrogen and oxygen atoms in total. The maximum atomic E-state index is 13.4. The topological polar surface area (TPSA) is 83.6 Å². The van der Waals surface area contributed by atoms with E-state index in [-0.39, 0.29) is 32.8 Å². The Morgan fingerprint density at radius 1 is 0.938 bits per heavy atom. The molecule has 0 fully saturated rings. The van der Waals surface area contributed by atoms with Crippen molar-refractivity contribution in [1.29, 1.82) is 0 Å². The molecule has 166 valence electrons. The van der Waals surface area contributed by atoms with Crippen LogP contribution in [-0.4, -0.2) is 26.7 Å². The molecule has 3 rings (SSSR count). The molecule has 0 atom stereocenters. The molecule has 1 amide bonds. The second-order valence-corrected chi connectivity index (χ2v) is 9.50. The van der Waals surface area contributed by atoms with Gasteiger partial charge in [-0.3, -0.25) is 13.9 Å². The molecule has 32 heavy (non-hydrogen) atoms. The summed E-state index contributed by atoms with van der Waals surface area (Å²) < 4.78 is 28.0. The van der Waals surface area contributed by atoms with Gasteiger partial charge >= 0.3 is 0 Å². The molecule has 3 aromatic carbocycles. The van der Waals surface area contributed by atoms with E-state index in [4.69, 9.17) is 23.2 Å². The minimum atomic E-state index is -4.08. The molecule has 0 saturated carbocycles. The molecular formula is C23H20Cl2N2O4S. The Kier molecular flexibility index (Phi) is 7.23. The van der Waals surface area contributed by atoms with Crippen molar-refractivity contribution in [2.75, 3.05) is 16.2 Å². The monoisotopic (exact) mass is 490 g/mol. The first kappa shape index (κ1) is 23.8. The van der Waals surface area contributed by atoms with Gasteiger partial charge < -0.3 is 5.32 Å². The summed E-state index contributed by atoms with van der Waals surface area (Å²) in [6.07, 6.45) is 0. The van der Waals surface area contributed by atoms with Crippen molar-refractivity contribution >= 4 is 56.3 Å². The standard InChI is InChI=1S/C23H20Cl2N2O4S/c1-3-27(18-10-5-4-6-11-18)32(30,31)22-13-19(20(24)14-21(22)25)23(29)26-17-9-7-8-16(12-17)15(2)28/h4-14H,3H2,1-2H3,(H,26,29). The third-order valence-corrected chi connectivity index (χ3v) is 7.37. The van der Waals surface area contributed by atoms with Crippen molar-refractivity contribution in [3.8, 4) is 0 Å². The Labute approximate surface area is 196 Å². The van der Waals surface area contributed by atoms with E-state index in [9.17, 15) is 18.0 Å². The molecule has 0 radical (unpaired) electrons. The number of carbonyl (C=O) groups is 2. The number of hydrogen-bond acceptors (Lipinski definition) is 4. The summed E-state index contributed by atoms with van der Waals surface area (Å²) in [6, 6.07) is 17.4. The predicted molar refractivity (Wildman–Crippen MR) is 128 cm³/mol. The van der Waals surface area contributed by atoms with Gasteiger partial charge in [0.2, 0.25) is 0 Å². The van der Waals surface area contributed by atoms with Gasteiger partial charge in [-0.25, -0.2) is 8.42 Å². The molecule has 3 aromatic rings. The first-order chi connectivity index (χ1) is 15.1. The summed E-state index contributed by atoms with van der Waals surface area (Å²) in [4.78, 5) is 24.2. The normalized spacial score (nSPS) is 11.1. The third kappa shape index (κ3) is 4.96. The maximum absolute atomic E-state index is 13.4. The van der Waals surface area contributed by atoms with Gasteiger partial charge in [0.05, 0.1) is 21.3 Å². The van der Waals surface area contributed by atoms with E-state index in [0.29, 0.717) is 16.9 Å². The summed E-state index contributed by atoms with van der Waals surface area (Å²) >= 11 is 12.5. The van der Waals surface area contributed by atoms with Gasteiger partial charge in [-0.05, 0) is 50.2 Å². The van der Waals surface area contributed by atoms with E-state index in [1.807, 2.05) is 0 Å². The van der Waals surface area contributed by atoms with Crippen LogP contribution in [0.4, 0.5) is 11.4 Å². The van der Waals surface area contributed by atoms with E-state index in [2.05, 4.69) is 5.32 Å². The second-order valence-electron chi connectivity index (χ2n) is 6.86. The van der Waals surface area contributed by atoms with Crippen molar-refractivity contribution < 1.29 is 18.0 Å². The zero-order valence-corrected chi connectivity index (χ0v) is 19.6. The number of Topliss-reactive ketones (excluding diaryl/α,β-unsaturated/α-hetero) is 1. The zero-order valence-electron chi connectivity index (χ0n) is 17.3. The molecule has 0 unspecified atom stereocenters. The van der Waals surface area contributed by atoms with E-state index in [1.165, 1.54) is 23.4 Å². The highest BCUT2D eigenvalue weighted by molar-refractivity contribution is 7.93. The van der Waals surface area contributed by atoms with Crippen molar-refractivity contribution in [3.63, 3.8) is 0 Å². The fraction of sp³-hybridized carbons (Fsp3) is 0.130. The molecule has 0 aliphatic carbocycles. The number of para-hydroxylation sites is 1. The minimum Gasteiger partial charge on any atom is -0.322 e. The van der Waals surface area contributed by atoms with E-state index < -0.39 is 15.9 Å². The number of nitrogens with one attached hydrogen (secondary N) is 1. The van der Waals surface area contributed by atoms with Crippen LogP contribution in [0.2, 0.25) is 10.0 Å². The molecule has 9 heteroatoms. The minimum absolute atomic E-state index is 0.00284. The first-order valence-corrected chi connectivity index (χ1v) is 11.8. The van der Waals surface area contributed by atoms with Crippen LogP contribution >= 0.6 is 23.2 Å². The predicted octanol–water partition coefficient (Wildman–Crippen LogP) is 5.66. The summed E-state index contributed by atoms with van der Waals surface area (Å²) in [6.45, 7) is 3.27. The molecule has 0 aliphatic heterocycles. The highest BCUT2D eigenvalue weighted by atomic mass is 35.5. The lowest BCUT2D eigenvalue weighted by molar-refractivity contribution is 0.101. The average molecular weight is 491 g/mol. The highest BCUT2D eigenvalue weighted by Crippen LogP contribution is 2.33. The molecule has 0 saturated heterocycles. The average Bonchev–Trinajstić information content (AvgIpc) is 2.74. The Bertz CT molecular complexity index is 1280. The van der Waals surface area contributed by atoms with Gasteiger partial charge in [0.25, 0.3) is 15.9 Å². The number of hydrogen-bond donors (Lipinski definition) is 1. The van der Waals surface area contributed by atoms with Crippen LogP contribution in [0.1, 0.15) is 34.6 Å². The van der Waals surface area contributed by atoms with Gasteiger partial charge in [-0.1, -0.05) is 53.5 Å². The van der Waals surface area contributed by atoms with Crippen LogP contribution in [0.15, 0.2) is 71.6 Å². The van der Waals surface area contributed by atoms with Gasteiger partial charge in [-0.2, -0.15) is 0 Å².